The SMILES string of the molecule is CCCNCCCN1C(=O)COc2ccc(Br)cc21. The number of carbonyl (C=O) groups is 1. The number of hydrogen-bond donors (Lipinski definition) is 1. The average Bonchev–Trinajstić information content (AvgIpc) is 2.40. The molecule has 104 valence electrons. The van der Waals surface area contributed by atoms with Gasteiger partial charge in [-0.05, 0) is 44.1 Å². The highest BCUT2D eigenvalue weighted by atomic mass is 79.9. The summed E-state index contributed by atoms with van der Waals surface area (Å²) in [5, 5.41) is 3.35. The van der Waals surface area contributed by atoms with Crippen molar-refractivity contribution in [2.75, 3.05) is 31.1 Å². The van der Waals surface area contributed by atoms with E-state index in [1.54, 1.807) is 0 Å². The van der Waals surface area contributed by atoms with Crippen LogP contribution in [0.25, 0.3) is 0 Å². The van der Waals surface area contributed by atoms with Crippen LogP contribution in [0.4, 0.5) is 5.69 Å². The van der Waals surface area contributed by atoms with Crippen molar-refractivity contribution in [2.45, 2.75) is 19.8 Å². The van der Waals surface area contributed by atoms with Gasteiger partial charge in [-0.25, -0.2) is 0 Å². The Balaban J connectivity index is 1.99. The molecule has 0 aliphatic carbocycles. The molecule has 1 N–H and O–H groups in total. The Kier molecular flexibility index (Phi) is 5.22. The van der Waals surface area contributed by atoms with Crippen LogP contribution in [-0.2, 0) is 4.79 Å². The number of anilines is 1. The Morgan fingerprint density at radius 2 is 2.26 bits per heavy atom. The Labute approximate surface area is 122 Å². The van der Waals surface area contributed by atoms with Crippen molar-refractivity contribution in [3.8, 4) is 5.75 Å². The summed E-state index contributed by atoms with van der Waals surface area (Å²) in [5.74, 6) is 0.811. The lowest BCUT2D eigenvalue weighted by molar-refractivity contribution is -0.121. The Morgan fingerprint density at radius 3 is 3.05 bits per heavy atom. The van der Waals surface area contributed by atoms with Crippen LogP contribution in [0.3, 0.4) is 0 Å². The van der Waals surface area contributed by atoms with Crippen molar-refractivity contribution >= 4 is 27.5 Å². The molecule has 0 aromatic heterocycles. The van der Waals surface area contributed by atoms with Gasteiger partial charge >= 0.3 is 0 Å². The fourth-order valence-corrected chi connectivity index (χ4v) is 2.43. The minimum absolute atomic E-state index is 0.0288. The Morgan fingerprint density at radius 1 is 1.42 bits per heavy atom. The quantitative estimate of drug-likeness (QED) is 0.817. The molecule has 2 rings (SSSR count). The molecular weight excluding hydrogens is 308 g/mol. The van der Waals surface area contributed by atoms with Crippen molar-refractivity contribution in [3.05, 3.63) is 22.7 Å². The zero-order valence-electron chi connectivity index (χ0n) is 11.1. The number of ether oxygens (including phenoxy) is 1. The molecule has 1 heterocycles. The molecule has 5 heteroatoms. The molecule has 0 unspecified atom stereocenters. The van der Waals surface area contributed by atoms with E-state index in [0.717, 1.165) is 48.4 Å². The van der Waals surface area contributed by atoms with Gasteiger partial charge in [0.05, 0.1) is 5.69 Å². The average molecular weight is 327 g/mol. The number of nitrogens with one attached hydrogen (secondary N) is 1. The van der Waals surface area contributed by atoms with Crippen LogP contribution in [0.5, 0.6) is 5.75 Å². The number of nitrogens with zero attached hydrogens (tertiary/aromatic N) is 1. The van der Waals surface area contributed by atoms with Gasteiger partial charge in [-0.1, -0.05) is 22.9 Å². The number of rotatable bonds is 6. The molecule has 0 fully saturated rings. The van der Waals surface area contributed by atoms with Crippen molar-refractivity contribution in [3.63, 3.8) is 0 Å². The third kappa shape index (κ3) is 3.70. The summed E-state index contributed by atoms with van der Waals surface area (Å²) in [7, 11) is 0. The predicted molar refractivity (Wildman–Crippen MR) is 79.8 cm³/mol. The van der Waals surface area contributed by atoms with Gasteiger partial charge in [0.2, 0.25) is 0 Å². The van der Waals surface area contributed by atoms with Crippen LogP contribution in [-0.4, -0.2) is 32.1 Å². The third-order valence-corrected chi connectivity index (χ3v) is 3.52. The first-order chi connectivity index (χ1) is 9.22. The van der Waals surface area contributed by atoms with Crippen LogP contribution in [0, 0.1) is 0 Å². The van der Waals surface area contributed by atoms with Gasteiger partial charge in [-0.15, -0.1) is 0 Å². The van der Waals surface area contributed by atoms with Crippen molar-refractivity contribution in [2.24, 2.45) is 0 Å². The summed E-state index contributed by atoms with van der Waals surface area (Å²) in [5.41, 5.74) is 0.862. The number of fused-ring (bicyclic) bond motifs is 1. The van der Waals surface area contributed by atoms with Gasteiger partial charge in [-0.3, -0.25) is 4.79 Å². The van der Waals surface area contributed by atoms with Gasteiger partial charge in [0.25, 0.3) is 5.91 Å². The molecule has 0 bridgehead atoms. The zero-order valence-corrected chi connectivity index (χ0v) is 12.7. The molecule has 0 atom stereocenters. The summed E-state index contributed by atoms with van der Waals surface area (Å²) < 4.78 is 6.40. The molecule has 0 saturated heterocycles. The zero-order chi connectivity index (χ0) is 13.7. The van der Waals surface area contributed by atoms with E-state index in [4.69, 9.17) is 4.74 Å². The largest absolute Gasteiger partial charge is 0.482 e. The number of carbonyl (C=O) groups excluding carboxylic acids is 1. The fourth-order valence-electron chi connectivity index (χ4n) is 2.08. The first-order valence-corrected chi connectivity index (χ1v) is 7.45. The maximum absolute atomic E-state index is 12.0. The molecule has 1 aliphatic heterocycles. The first kappa shape index (κ1) is 14.3. The van der Waals surface area contributed by atoms with Gasteiger partial charge < -0.3 is 15.0 Å². The van der Waals surface area contributed by atoms with Crippen molar-refractivity contribution in [1.29, 1.82) is 0 Å². The monoisotopic (exact) mass is 326 g/mol. The van der Waals surface area contributed by atoms with Crippen LogP contribution in [0.1, 0.15) is 19.8 Å². The number of amides is 1. The maximum atomic E-state index is 12.0. The second-order valence-corrected chi connectivity index (χ2v) is 5.47. The van der Waals surface area contributed by atoms with E-state index < -0.39 is 0 Å². The van der Waals surface area contributed by atoms with Gasteiger partial charge in [0.15, 0.2) is 6.61 Å². The molecule has 0 spiro atoms. The number of halogens is 1. The summed E-state index contributed by atoms with van der Waals surface area (Å²) in [6, 6.07) is 5.76. The molecule has 0 saturated carbocycles. The van der Waals surface area contributed by atoms with Crippen LogP contribution in [0.15, 0.2) is 22.7 Å². The van der Waals surface area contributed by atoms with E-state index in [-0.39, 0.29) is 12.5 Å². The molecule has 1 aromatic carbocycles. The highest BCUT2D eigenvalue weighted by Crippen LogP contribution is 2.34. The lowest BCUT2D eigenvalue weighted by Crippen LogP contribution is -2.40. The smallest absolute Gasteiger partial charge is 0.265 e. The van der Waals surface area contributed by atoms with Crippen LogP contribution < -0.4 is 15.0 Å². The van der Waals surface area contributed by atoms with Gasteiger partial charge in [-0.2, -0.15) is 0 Å². The fraction of sp³-hybridized carbons (Fsp3) is 0.500. The first-order valence-electron chi connectivity index (χ1n) is 6.66. The molecule has 19 heavy (non-hydrogen) atoms. The standard InChI is InChI=1S/C14H19BrN2O2/c1-2-6-16-7-3-8-17-12-9-11(15)4-5-13(12)19-10-14(17)18/h4-5,9,16H,2-3,6-8,10H2,1H3. The second kappa shape index (κ2) is 6.91. The van der Waals surface area contributed by atoms with Gasteiger partial charge in [0.1, 0.15) is 5.75 Å². The predicted octanol–water partition coefficient (Wildman–Crippen LogP) is 2.56. The molecule has 1 amide bonds. The molecule has 1 aliphatic rings. The molecule has 4 nitrogen and oxygen atoms in total. The second-order valence-electron chi connectivity index (χ2n) is 4.55. The third-order valence-electron chi connectivity index (χ3n) is 3.03. The summed E-state index contributed by atoms with van der Waals surface area (Å²) >= 11 is 3.43. The van der Waals surface area contributed by atoms with Crippen molar-refractivity contribution in [1.82, 2.24) is 5.32 Å². The number of benzene rings is 1. The topological polar surface area (TPSA) is 41.6 Å². The minimum atomic E-state index is 0.0288. The molecular formula is C14H19BrN2O2. The van der Waals surface area contributed by atoms with Crippen LogP contribution in [0.2, 0.25) is 0 Å². The van der Waals surface area contributed by atoms with Crippen molar-refractivity contribution < 1.29 is 9.53 Å². The normalized spacial score (nSPS) is 14.2. The summed E-state index contributed by atoms with van der Waals surface area (Å²) in [6.45, 7) is 4.96. The van der Waals surface area contributed by atoms with E-state index in [1.165, 1.54) is 0 Å². The van der Waals surface area contributed by atoms with E-state index >= 15 is 0 Å². The highest BCUT2D eigenvalue weighted by molar-refractivity contribution is 9.10. The van der Waals surface area contributed by atoms with Gasteiger partial charge in [0, 0.05) is 11.0 Å². The molecule has 0 radical (unpaired) electrons. The highest BCUT2D eigenvalue weighted by Gasteiger charge is 2.24. The van der Waals surface area contributed by atoms with E-state index in [2.05, 4.69) is 28.2 Å². The maximum Gasteiger partial charge on any atom is 0.265 e. The number of hydrogen-bond acceptors (Lipinski definition) is 3. The minimum Gasteiger partial charge on any atom is -0.482 e. The van der Waals surface area contributed by atoms with E-state index in [0.29, 0.717) is 0 Å². The van der Waals surface area contributed by atoms with Crippen LogP contribution >= 0.6 is 15.9 Å². The summed E-state index contributed by atoms with van der Waals surface area (Å²) in [6.07, 6.45) is 2.07. The summed E-state index contributed by atoms with van der Waals surface area (Å²) in [4.78, 5) is 13.8. The Bertz CT molecular complexity index is 451. The van der Waals surface area contributed by atoms with E-state index in [9.17, 15) is 4.79 Å². The molecule has 1 aromatic rings. The lowest BCUT2D eigenvalue weighted by Gasteiger charge is -2.29. The van der Waals surface area contributed by atoms with E-state index in [1.807, 2.05) is 23.1 Å². The Hall–Kier alpha value is -1.07. The lowest BCUT2D eigenvalue weighted by atomic mass is 10.2.